The van der Waals surface area contributed by atoms with Crippen molar-refractivity contribution in [2.75, 3.05) is 13.1 Å². The van der Waals surface area contributed by atoms with E-state index in [-0.39, 0.29) is 23.4 Å². The quantitative estimate of drug-likeness (QED) is 0.489. The SMILES string of the molecule is O=C(NC1CCCN(Cc2ccccc2)C1)c1ccc(-c2cccc([N+](=O)[O-])c2)o1. The number of benzene rings is 2. The molecule has 1 fully saturated rings. The fourth-order valence-corrected chi connectivity index (χ4v) is 3.80. The van der Waals surface area contributed by atoms with Crippen molar-refractivity contribution in [1.82, 2.24) is 10.2 Å². The fraction of sp³-hybridized carbons (Fsp3) is 0.261. The monoisotopic (exact) mass is 405 g/mol. The Hall–Kier alpha value is -3.45. The van der Waals surface area contributed by atoms with Crippen LogP contribution in [0.15, 0.2) is 71.1 Å². The van der Waals surface area contributed by atoms with Crippen molar-refractivity contribution in [3.63, 3.8) is 0 Å². The Morgan fingerprint density at radius 2 is 1.97 bits per heavy atom. The second-order valence-corrected chi connectivity index (χ2v) is 7.50. The molecular formula is C23H23N3O4. The van der Waals surface area contributed by atoms with Crippen LogP contribution in [0, 0.1) is 10.1 Å². The maximum absolute atomic E-state index is 12.7. The van der Waals surface area contributed by atoms with Gasteiger partial charge in [0.2, 0.25) is 0 Å². The molecule has 7 heteroatoms. The number of rotatable bonds is 6. The summed E-state index contributed by atoms with van der Waals surface area (Å²) in [5.41, 5.74) is 1.81. The normalized spacial score (nSPS) is 16.9. The molecule has 2 aromatic carbocycles. The molecule has 30 heavy (non-hydrogen) atoms. The zero-order valence-electron chi connectivity index (χ0n) is 16.5. The molecule has 0 radical (unpaired) electrons. The van der Waals surface area contributed by atoms with Crippen LogP contribution in [0.3, 0.4) is 0 Å². The second-order valence-electron chi connectivity index (χ2n) is 7.50. The number of hydrogen-bond donors (Lipinski definition) is 1. The van der Waals surface area contributed by atoms with Crippen LogP contribution in [0.1, 0.15) is 29.0 Å². The number of non-ortho nitro benzene ring substituents is 1. The molecule has 0 aliphatic carbocycles. The first-order chi connectivity index (χ1) is 14.6. The Morgan fingerprint density at radius 3 is 2.77 bits per heavy atom. The number of nitro groups is 1. The molecule has 1 saturated heterocycles. The lowest BCUT2D eigenvalue weighted by Crippen LogP contribution is -2.47. The first-order valence-corrected chi connectivity index (χ1v) is 10.0. The highest BCUT2D eigenvalue weighted by Gasteiger charge is 2.23. The molecule has 0 spiro atoms. The van der Waals surface area contributed by atoms with Crippen LogP contribution in [-0.4, -0.2) is 34.9 Å². The molecule has 1 aliphatic rings. The van der Waals surface area contributed by atoms with Crippen LogP contribution in [0.25, 0.3) is 11.3 Å². The van der Waals surface area contributed by atoms with Gasteiger partial charge in [0.1, 0.15) is 5.76 Å². The summed E-state index contributed by atoms with van der Waals surface area (Å²) in [5.74, 6) is 0.369. The highest BCUT2D eigenvalue weighted by molar-refractivity contribution is 5.92. The van der Waals surface area contributed by atoms with Gasteiger partial charge in [-0.15, -0.1) is 0 Å². The van der Waals surface area contributed by atoms with Crippen molar-refractivity contribution in [2.24, 2.45) is 0 Å². The minimum Gasteiger partial charge on any atom is -0.451 e. The molecule has 154 valence electrons. The molecule has 7 nitrogen and oxygen atoms in total. The highest BCUT2D eigenvalue weighted by atomic mass is 16.6. The zero-order chi connectivity index (χ0) is 20.9. The van der Waals surface area contributed by atoms with Gasteiger partial charge in [-0.2, -0.15) is 0 Å². The summed E-state index contributed by atoms with van der Waals surface area (Å²) < 4.78 is 5.68. The number of carbonyl (C=O) groups is 1. The molecule has 1 amide bonds. The third-order valence-corrected chi connectivity index (χ3v) is 5.26. The van der Waals surface area contributed by atoms with Gasteiger partial charge >= 0.3 is 0 Å². The summed E-state index contributed by atoms with van der Waals surface area (Å²) in [7, 11) is 0. The number of hydrogen-bond acceptors (Lipinski definition) is 5. The van der Waals surface area contributed by atoms with Crippen LogP contribution in [0.4, 0.5) is 5.69 Å². The molecule has 3 aromatic rings. The standard InChI is InChI=1S/C23H23N3O4/c27-23(22-12-11-21(30-22)18-8-4-10-20(14-18)26(28)29)24-19-9-5-13-25(16-19)15-17-6-2-1-3-7-17/h1-4,6-8,10-12,14,19H,5,9,13,15-16H2,(H,24,27). The topological polar surface area (TPSA) is 88.6 Å². The number of likely N-dealkylation sites (tertiary alicyclic amines) is 1. The zero-order valence-corrected chi connectivity index (χ0v) is 16.5. The predicted octanol–water partition coefficient (Wildman–Crippen LogP) is 4.25. The molecule has 4 rings (SSSR count). The van der Waals surface area contributed by atoms with Gasteiger partial charge in [-0.3, -0.25) is 19.8 Å². The Bertz CT molecular complexity index is 1030. The largest absolute Gasteiger partial charge is 0.451 e. The number of amides is 1. The van der Waals surface area contributed by atoms with Crippen LogP contribution in [0.2, 0.25) is 0 Å². The Kier molecular flexibility index (Phi) is 5.90. The number of nitro benzene ring substituents is 1. The van der Waals surface area contributed by atoms with Gasteiger partial charge in [0.25, 0.3) is 11.6 Å². The number of nitrogens with zero attached hydrogens (tertiary/aromatic N) is 2. The van der Waals surface area contributed by atoms with E-state index in [0.717, 1.165) is 32.5 Å². The van der Waals surface area contributed by atoms with Crippen LogP contribution in [0.5, 0.6) is 0 Å². The minimum atomic E-state index is -0.454. The number of nitrogens with one attached hydrogen (secondary N) is 1. The van der Waals surface area contributed by atoms with E-state index in [2.05, 4.69) is 22.3 Å². The van der Waals surface area contributed by atoms with Gasteiger partial charge in [0, 0.05) is 36.8 Å². The average molecular weight is 405 g/mol. The van der Waals surface area contributed by atoms with Gasteiger partial charge in [-0.05, 0) is 37.1 Å². The lowest BCUT2D eigenvalue weighted by atomic mass is 10.0. The number of carbonyl (C=O) groups excluding carboxylic acids is 1. The molecule has 1 atom stereocenters. The van der Waals surface area contributed by atoms with Crippen LogP contribution >= 0.6 is 0 Å². The molecule has 1 N–H and O–H groups in total. The van der Waals surface area contributed by atoms with E-state index in [1.54, 1.807) is 24.3 Å². The van der Waals surface area contributed by atoms with Crippen LogP contribution in [-0.2, 0) is 6.54 Å². The number of piperidine rings is 1. The summed E-state index contributed by atoms with van der Waals surface area (Å²) >= 11 is 0. The summed E-state index contributed by atoms with van der Waals surface area (Å²) in [6.07, 6.45) is 1.95. The third-order valence-electron chi connectivity index (χ3n) is 5.26. The second kappa shape index (κ2) is 8.92. The fourth-order valence-electron chi connectivity index (χ4n) is 3.80. The van der Waals surface area contributed by atoms with E-state index in [4.69, 9.17) is 4.42 Å². The number of furan rings is 1. The van der Waals surface area contributed by atoms with Crippen molar-refractivity contribution in [1.29, 1.82) is 0 Å². The van der Waals surface area contributed by atoms with Crippen LogP contribution < -0.4 is 5.32 Å². The third kappa shape index (κ3) is 4.75. The smallest absolute Gasteiger partial charge is 0.287 e. The van der Waals surface area contributed by atoms with E-state index in [9.17, 15) is 14.9 Å². The molecular weight excluding hydrogens is 382 g/mol. The molecule has 2 heterocycles. The van der Waals surface area contributed by atoms with Crippen molar-refractivity contribution >= 4 is 11.6 Å². The van der Waals surface area contributed by atoms with Crippen molar-refractivity contribution in [3.8, 4) is 11.3 Å². The van der Waals surface area contributed by atoms with Crippen molar-refractivity contribution < 1.29 is 14.1 Å². The Balaban J connectivity index is 1.38. The van der Waals surface area contributed by atoms with Gasteiger partial charge in [0.05, 0.1) is 4.92 Å². The summed E-state index contributed by atoms with van der Waals surface area (Å²) in [6.45, 7) is 2.67. The first-order valence-electron chi connectivity index (χ1n) is 10.0. The van der Waals surface area contributed by atoms with E-state index < -0.39 is 4.92 Å². The lowest BCUT2D eigenvalue weighted by Gasteiger charge is -2.33. The molecule has 0 bridgehead atoms. The lowest BCUT2D eigenvalue weighted by molar-refractivity contribution is -0.384. The van der Waals surface area contributed by atoms with Gasteiger partial charge in [-0.1, -0.05) is 42.5 Å². The molecule has 1 unspecified atom stereocenters. The maximum atomic E-state index is 12.7. The van der Waals surface area contributed by atoms with Gasteiger partial charge in [0.15, 0.2) is 5.76 Å². The van der Waals surface area contributed by atoms with Crippen molar-refractivity contribution in [3.05, 3.63) is 88.2 Å². The summed E-state index contributed by atoms with van der Waals surface area (Å²) in [4.78, 5) is 25.5. The Labute approximate surface area is 174 Å². The highest BCUT2D eigenvalue weighted by Crippen LogP contribution is 2.26. The van der Waals surface area contributed by atoms with E-state index in [1.807, 2.05) is 18.2 Å². The van der Waals surface area contributed by atoms with Crippen molar-refractivity contribution in [2.45, 2.75) is 25.4 Å². The maximum Gasteiger partial charge on any atom is 0.287 e. The van der Waals surface area contributed by atoms with E-state index in [1.165, 1.54) is 17.7 Å². The summed E-state index contributed by atoms with van der Waals surface area (Å²) in [6, 6.07) is 19.8. The molecule has 0 saturated carbocycles. The van der Waals surface area contributed by atoms with Gasteiger partial charge < -0.3 is 9.73 Å². The van der Waals surface area contributed by atoms with E-state index >= 15 is 0 Å². The first kappa shape index (κ1) is 19.8. The Morgan fingerprint density at radius 1 is 1.13 bits per heavy atom. The molecule has 1 aromatic heterocycles. The van der Waals surface area contributed by atoms with Gasteiger partial charge in [-0.25, -0.2) is 0 Å². The average Bonchev–Trinajstić information content (AvgIpc) is 3.25. The molecule has 1 aliphatic heterocycles. The minimum absolute atomic E-state index is 0.0179. The summed E-state index contributed by atoms with van der Waals surface area (Å²) in [5, 5.41) is 14.0. The predicted molar refractivity (Wildman–Crippen MR) is 113 cm³/mol. The van der Waals surface area contributed by atoms with E-state index in [0.29, 0.717) is 11.3 Å².